The Morgan fingerprint density at radius 1 is 1.10 bits per heavy atom. The second-order valence-corrected chi connectivity index (χ2v) is 7.84. The average molecular weight is 443 g/mol. The minimum atomic E-state index is -0.561. The summed E-state index contributed by atoms with van der Waals surface area (Å²) in [4.78, 5) is 29.8. The van der Waals surface area contributed by atoms with E-state index >= 15 is 0 Å². The number of hydrogen-bond acceptors (Lipinski definition) is 4. The van der Waals surface area contributed by atoms with Crippen molar-refractivity contribution in [1.29, 1.82) is 0 Å². The highest BCUT2D eigenvalue weighted by Gasteiger charge is 2.23. The van der Waals surface area contributed by atoms with Crippen LogP contribution < -0.4 is 16.0 Å². The van der Waals surface area contributed by atoms with Crippen LogP contribution in [-0.4, -0.2) is 18.7 Å². The minimum Gasteiger partial charge on any atom is -0.425 e. The van der Waals surface area contributed by atoms with Gasteiger partial charge >= 0.3 is 11.7 Å². The van der Waals surface area contributed by atoms with Crippen molar-refractivity contribution in [2.24, 2.45) is 14.1 Å². The van der Waals surface area contributed by atoms with Crippen LogP contribution in [0.2, 0.25) is 5.02 Å². The highest BCUT2D eigenvalue weighted by atomic mass is 35.5. The number of hydrogen-bond donors (Lipinski definition) is 0. The third kappa shape index (κ3) is 3.53. The van der Waals surface area contributed by atoms with E-state index < -0.39 is 17.1 Å². The Bertz CT molecular complexity index is 1430. The SMILES string of the molecule is Cc1ccc(C)c(Oc2nc3c(c(=O)n(C)c(=O)n3C)n2Cc2c(F)cccc2Cl)c1. The lowest BCUT2D eigenvalue weighted by Gasteiger charge is -2.13. The number of aryl methyl sites for hydroxylation is 3. The number of imidazole rings is 1. The van der Waals surface area contributed by atoms with Gasteiger partial charge in [0.2, 0.25) is 0 Å². The molecule has 0 saturated carbocycles. The molecule has 0 bridgehead atoms. The number of ether oxygens (including phenoxy) is 1. The van der Waals surface area contributed by atoms with Gasteiger partial charge in [-0.15, -0.1) is 0 Å². The Morgan fingerprint density at radius 2 is 1.84 bits per heavy atom. The van der Waals surface area contributed by atoms with Gasteiger partial charge in [0.15, 0.2) is 11.2 Å². The molecule has 0 N–H and O–H groups in total. The first-order valence-corrected chi connectivity index (χ1v) is 9.91. The highest BCUT2D eigenvalue weighted by Crippen LogP contribution is 2.30. The van der Waals surface area contributed by atoms with Crippen LogP contribution in [0.25, 0.3) is 11.2 Å². The summed E-state index contributed by atoms with van der Waals surface area (Å²) in [7, 11) is 2.89. The fourth-order valence-electron chi connectivity index (χ4n) is 3.41. The first-order valence-electron chi connectivity index (χ1n) is 9.53. The van der Waals surface area contributed by atoms with Crippen molar-refractivity contribution in [2.45, 2.75) is 20.4 Å². The molecule has 0 fully saturated rings. The van der Waals surface area contributed by atoms with Gasteiger partial charge in [0.25, 0.3) is 5.56 Å². The highest BCUT2D eigenvalue weighted by molar-refractivity contribution is 6.31. The van der Waals surface area contributed by atoms with Gasteiger partial charge in [-0.3, -0.25) is 18.5 Å². The van der Waals surface area contributed by atoms with E-state index in [4.69, 9.17) is 16.3 Å². The number of aromatic nitrogens is 4. The number of nitrogens with zero attached hydrogens (tertiary/aromatic N) is 4. The molecule has 7 nitrogen and oxygen atoms in total. The van der Waals surface area contributed by atoms with Gasteiger partial charge in [0.05, 0.1) is 6.54 Å². The van der Waals surface area contributed by atoms with Gasteiger partial charge in [0, 0.05) is 24.7 Å². The Balaban J connectivity index is 2.01. The second-order valence-electron chi connectivity index (χ2n) is 7.43. The lowest BCUT2D eigenvalue weighted by Crippen LogP contribution is -2.37. The van der Waals surface area contributed by atoms with E-state index in [1.54, 1.807) is 6.07 Å². The fraction of sp³-hybridized carbons (Fsp3) is 0.227. The molecule has 0 unspecified atom stereocenters. The Kier molecular flexibility index (Phi) is 5.18. The van der Waals surface area contributed by atoms with E-state index in [0.717, 1.165) is 15.7 Å². The molecule has 9 heteroatoms. The van der Waals surface area contributed by atoms with Crippen LogP contribution in [0.4, 0.5) is 4.39 Å². The van der Waals surface area contributed by atoms with Crippen molar-refractivity contribution >= 4 is 22.8 Å². The molecule has 0 aliphatic rings. The largest absolute Gasteiger partial charge is 0.425 e. The fourth-order valence-corrected chi connectivity index (χ4v) is 3.63. The van der Waals surface area contributed by atoms with E-state index in [0.29, 0.717) is 5.75 Å². The van der Waals surface area contributed by atoms with Gasteiger partial charge in [-0.25, -0.2) is 9.18 Å². The van der Waals surface area contributed by atoms with E-state index in [9.17, 15) is 14.0 Å². The molecule has 4 aromatic rings. The summed E-state index contributed by atoms with van der Waals surface area (Å²) < 4.78 is 24.3. The summed E-state index contributed by atoms with van der Waals surface area (Å²) in [5, 5.41) is 0.209. The zero-order valence-electron chi connectivity index (χ0n) is 17.4. The Labute approximate surface area is 181 Å². The smallest absolute Gasteiger partial charge is 0.332 e. The molecule has 2 aromatic heterocycles. The maximum Gasteiger partial charge on any atom is 0.332 e. The van der Waals surface area contributed by atoms with E-state index in [1.165, 1.54) is 35.4 Å². The third-order valence-electron chi connectivity index (χ3n) is 5.24. The molecule has 31 heavy (non-hydrogen) atoms. The van der Waals surface area contributed by atoms with Crippen molar-refractivity contribution in [3.8, 4) is 11.8 Å². The quantitative estimate of drug-likeness (QED) is 0.483. The predicted molar refractivity (Wildman–Crippen MR) is 117 cm³/mol. The van der Waals surface area contributed by atoms with Crippen LogP contribution in [0.5, 0.6) is 11.8 Å². The molecule has 0 saturated heterocycles. The molecular formula is C22H20ClFN4O3. The summed E-state index contributed by atoms with van der Waals surface area (Å²) in [5.74, 6) is 0.0201. The summed E-state index contributed by atoms with van der Waals surface area (Å²) >= 11 is 6.23. The number of halogens is 2. The molecule has 4 rings (SSSR count). The van der Waals surface area contributed by atoms with E-state index in [-0.39, 0.29) is 34.3 Å². The summed E-state index contributed by atoms with van der Waals surface area (Å²) in [6.45, 7) is 3.70. The van der Waals surface area contributed by atoms with E-state index in [2.05, 4.69) is 4.98 Å². The van der Waals surface area contributed by atoms with Crippen molar-refractivity contribution in [3.05, 3.63) is 84.8 Å². The van der Waals surface area contributed by atoms with Crippen LogP contribution in [-0.2, 0) is 20.6 Å². The minimum absolute atomic E-state index is 0.0568. The second kappa shape index (κ2) is 7.70. The molecule has 160 valence electrons. The standard InChI is InChI=1S/C22H20ClFN4O3/c1-12-8-9-13(2)17(10-12)31-21-25-19-18(20(29)27(4)22(30)26(19)3)28(21)11-14-15(23)6-5-7-16(14)24/h5-10H,11H2,1-4H3. The summed E-state index contributed by atoms with van der Waals surface area (Å²) in [6.07, 6.45) is 0. The normalized spacial score (nSPS) is 11.3. The molecule has 0 aliphatic heterocycles. The molecule has 0 atom stereocenters. The lowest BCUT2D eigenvalue weighted by molar-refractivity contribution is 0.416. The van der Waals surface area contributed by atoms with Crippen LogP contribution in [0.3, 0.4) is 0 Å². The molecule has 2 aromatic carbocycles. The van der Waals surface area contributed by atoms with Crippen LogP contribution in [0.15, 0.2) is 46.0 Å². The molecule has 2 heterocycles. The van der Waals surface area contributed by atoms with Crippen molar-refractivity contribution in [3.63, 3.8) is 0 Å². The molecular weight excluding hydrogens is 423 g/mol. The van der Waals surface area contributed by atoms with Crippen LogP contribution in [0, 0.1) is 19.7 Å². The van der Waals surface area contributed by atoms with E-state index in [1.807, 2.05) is 32.0 Å². The number of fused-ring (bicyclic) bond motifs is 1. The number of benzene rings is 2. The zero-order valence-corrected chi connectivity index (χ0v) is 18.2. The Hall–Kier alpha value is -3.39. The first-order chi connectivity index (χ1) is 14.7. The Morgan fingerprint density at radius 3 is 2.55 bits per heavy atom. The monoisotopic (exact) mass is 442 g/mol. The maximum atomic E-state index is 14.5. The topological polar surface area (TPSA) is 71.1 Å². The molecule has 0 amide bonds. The van der Waals surface area contributed by atoms with Crippen molar-refractivity contribution in [1.82, 2.24) is 18.7 Å². The summed E-state index contributed by atoms with van der Waals surface area (Å²) in [5.41, 5.74) is 1.19. The number of rotatable bonds is 4. The maximum absolute atomic E-state index is 14.5. The predicted octanol–water partition coefficient (Wildman–Crippen LogP) is 3.68. The average Bonchev–Trinajstić information content (AvgIpc) is 3.08. The molecule has 0 radical (unpaired) electrons. The third-order valence-corrected chi connectivity index (χ3v) is 5.59. The van der Waals surface area contributed by atoms with Gasteiger partial charge in [-0.1, -0.05) is 29.8 Å². The molecule has 0 spiro atoms. The van der Waals surface area contributed by atoms with Gasteiger partial charge < -0.3 is 4.74 Å². The van der Waals surface area contributed by atoms with Gasteiger partial charge in [-0.2, -0.15) is 4.98 Å². The van der Waals surface area contributed by atoms with Gasteiger partial charge in [0.1, 0.15) is 11.6 Å². The van der Waals surface area contributed by atoms with Crippen molar-refractivity contribution in [2.75, 3.05) is 0 Å². The summed E-state index contributed by atoms with van der Waals surface area (Å²) in [6, 6.07) is 10.1. The lowest BCUT2D eigenvalue weighted by atomic mass is 10.1. The van der Waals surface area contributed by atoms with Crippen LogP contribution in [0.1, 0.15) is 16.7 Å². The van der Waals surface area contributed by atoms with Gasteiger partial charge in [-0.05, 0) is 43.2 Å². The molecule has 0 aliphatic carbocycles. The zero-order chi connectivity index (χ0) is 22.4. The van der Waals surface area contributed by atoms with Crippen LogP contribution >= 0.6 is 11.6 Å². The first kappa shape index (κ1) is 20.9. The van der Waals surface area contributed by atoms with Crippen molar-refractivity contribution < 1.29 is 9.13 Å².